The average molecular weight is 278 g/mol. The van der Waals surface area contributed by atoms with E-state index >= 15 is 0 Å². The van der Waals surface area contributed by atoms with E-state index in [1.165, 1.54) is 0 Å². The van der Waals surface area contributed by atoms with Gasteiger partial charge in [-0.3, -0.25) is 0 Å². The van der Waals surface area contributed by atoms with E-state index in [-0.39, 0.29) is 0 Å². The highest BCUT2D eigenvalue weighted by Crippen LogP contribution is 2.32. The third kappa shape index (κ3) is 3.20. The number of rotatable bonds is 5. The standard InChI is InChI=1S/C15H26N4O/c1-4-7-12-17-13(16)11(2)14(18-12)19(3)10-15(20)8-5-6-9-15/h20H,4-10H2,1-3H3,(H2,16,17,18). The average Bonchev–Trinajstić information content (AvgIpc) is 2.80. The lowest BCUT2D eigenvalue weighted by atomic mass is 10.0. The van der Waals surface area contributed by atoms with E-state index in [1.54, 1.807) is 0 Å². The fourth-order valence-electron chi connectivity index (χ4n) is 2.98. The van der Waals surface area contributed by atoms with E-state index < -0.39 is 5.60 Å². The first-order valence-electron chi connectivity index (χ1n) is 7.52. The summed E-state index contributed by atoms with van der Waals surface area (Å²) >= 11 is 0. The molecule has 0 bridgehead atoms. The van der Waals surface area contributed by atoms with Crippen LogP contribution in [0.3, 0.4) is 0 Å². The Labute approximate surface area is 121 Å². The van der Waals surface area contributed by atoms with Crippen LogP contribution in [-0.2, 0) is 6.42 Å². The maximum Gasteiger partial charge on any atom is 0.137 e. The summed E-state index contributed by atoms with van der Waals surface area (Å²) in [5.74, 6) is 2.18. The predicted octanol–water partition coefficient (Wildman–Crippen LogP) is 2.06. The van der Waals surface area contributed by atoms with Crippen LogP contribution in [-0.4, -0.2) is 34.3 Å². The van der Waals surface area contributed by atoms with Gasteiger partial charge in [0.25, 0.3) is 0 Å². The fraction of sp³-hybridized carbons (Fsp3) is 0.733. The van der Waals surface area contributed by atoms with Crippen LogP contribution in [0.25, 0.3) is 0 Å². The summed E-state index contributed by atoms with van der Waals surface area (Å²) in [5.41, 5.74) is 6.31. The molecule has 5 heteroatoms. The van der Waals surface area contributed by atoms with Gasteiger partial charge in [0.15, 0.2) is 0 Å². The topological polar surface area (TPSA) is 75.3 Å². The molecule has 0 unspecified atom stereocenters. The Hall–Kier alpha value is -1.36. The second kappa shape index (κ2) is 5.95. The smallest absolute Gasteiger partial charge is 0.137 e. The molecule has 1 fully saturated rings. The van der Waals surface area contributed by atoms with Gasteiger partial charge in [0.05, 0.1) is 5.60 Å². The second-order valence-corrected chi connectivity index (χ2v) is 6.01. The minimum absolute atomic E-state index is 0.545. The van der Waals surface area contributed by atoms with Crippen LogP contribution >= 0.6 is 0 Å². The van der Waals surface area contributed by atoms with Crippen LogP contribution in [0.1, 0.15) is 50.4 Å². The first-order chi connectivity index (χ1) is 9.45. The lowest BCUT2D eigenvalue weighted by Gasteiger charge is -2.30. The van der Waals surface area contributed by atoms with Crippen LogP contribution in [0.4, 0.5) is 11.6 Å². The zero-order valence-electron chi connectivity index (χ0n) is 12.8. The molecule has 1 aromatic rings. The van der Waals surface area contributed by atoms with Crippen molar-refractivity contribution in [3.63, 3.8) is 0 Å². The summed E-state index contributed by atoms with van der Waals surface area (Å²) in [6.07, 6.45) is 5.79. The van der Waals surface area contributed by atoms with Crippen molar-refractivity contribution in [1.29, 1.82) is 0 Å². The minimum atomic E-state index is -0.578. The monoisotopic (exact) mass is 278 g/mol. The number of nitrogens with zero attached hydrogens (tertiary/aromatic N) is 3. The van der Waals surface area contributed by atoms with Gasteiger partial charge in [-0.15, -0.1) is 0 Å². The molecule has 0 atom stereocenters. The molecule has 1 aliphatic rings. The van der Waals surface area contributed by atoms with Crippen molar-refractivity contribution in [2.24, 2.45) is 0 Å². The number of aliphatic hydroxyl groups is 1. The highest BCUT2D eigenvalue weighted by atomic mass is 16.3. The molecule has 1 aromatic heterocycles. The van der Waals surface area contributed by atoms with Crippen molar-refractivity contribution >= 4 is 11.6 Å². The van der Waals surface area contributed by atoms with Gasteiger partial charge >= 0.3 is 0 Å². The molecule has 20 heavy (non-hydrogen) atoms. The number of nitrogen functional groups attached to an aromatic ring is 1. The summed E-state index contributed by atoms with van der Waals surface area (Å²) in [5, 5.41) is 10.5. The van der Waals surface area contributed by atoms with E-state index in [4.69, 9.17) is 5.73 Å². The Bertz CT molecular complexity index is 469. The Balaban J connectivity index is 2.21. The first-order valence-corrected chi connectivity index (χ1v) is 7.52. The molecule has 0 aromatic carbocycles. The molecule has 0 radical (unpaired) electrons. The molecule has 0 saturated heterocycles. The molecule has 1 aliphatic carbocycles. The zero-order chi connectivity index (χ0) is 14.8. The van der Waals surface area contributed by atoms with Crippen LogP contribution < -0.4 is 10.6 Å². The highest BCUT2D eigenvalue weighted by molar-refractivity contribution is 5.56. The molecule has 1 heterocycles. The first kappa shape index (κ1) is 15.0. The van der Waals surface area contributed by atoms with Crippen molar-refractivity contribution in [3.8, 4) is 0 Å². The molecule has 1 saturated carbocycles. The SMILES string of the molecule is CCCc1nc(N)c(C)c(N(C)CC2(O)CCCC2)n1. The second-order valence-electron chi connectivity index (χ2n) is 6.01. The number of nitrogens with two attached hydrogens (primary N) is 1. The normalized spacial score (nSPS) is 17.4. The largest absolute Gasteiger partial charge is 0.388 e. The quantitative estimate of drug-likeness (QED) is 0.862. The molecule has 0 aliphatic heterocycles. The van der Waals surface area contributed by atoms with Gasteiger partial charge in [-0.2, -0.15) is 0 Å². The van der Waals surface area contributed by atoms with Crippen molar-refractivity contribution < 1.29 is 5.11 Å². The Morgan fingerprint density at radius 2 is 1.95 bits per heavy atom. The van der Waals surface area contributed by atoms with Gasteiger partial charge < -0.3 is 15.7 Å². The highest BCUT2D eigenvalue weighted by Gasteiger charge is 2.33. The van der Waals surface area contributed by atoms with E-state index in [2.05, 4.69) is 16.9 Å². The van der Waals surface area contributed by atoms with Crippen molar-refractivity contribution in [2.75, 3.05) is 24.2 Å². The fourth-order valence-corrected chi connectivity index (χ4v) is 2.98. The molecular formula is C15H26N4O. The summed E-state index contributed by atoms with van der Waals surface area (Å²) in [7, 11) is 1.97. The maximum atomic E-state index is 10.5. The lowest BCUT2D eigenvalue weighted by Crippen LogP contribution is -2.40. The number of aromatic nitrogens is 2. The van der Waals surface area contributed by atoms with Crippen molar-refractivity contribution in [1.82, 2.24) is 9.97 Å². The lowest BCUT2D eigenvalue weighted by molar-refractivity contribution is 0.0557. The summed E-state index contributed by atoms with van der Waals surface area (Å²) < 4.78 is 0. The van der Waals surface area contributed by atoms with Crippen molar-refractivity contribution in [3.05, 3.63) is 11.4 Å². The van der Waals surface area contributed by atoms with E-state index in [1.807, 2.05) is 18.9 Å². The van der Waals surface area contributed by atoms with Crippen LogP contribution in [0.5, 0.6) is 0 Å². The van der Waals surface area contributed by atoms with Gasteiger partial charge in [-0.25, -0.2) is 9.97 Å². The maximum absolute atomic E-state index is 10.5. The molecule has 0 spiro atoms. The van der Waals surface area contributed by atoms with E-state index in [0.717, 1.165) is 55.7 Å². The van der Waals surface area contributed by atoms with Crippen molar-refractivity contribution in [2.45, 2.75) is 58.0 Å². The summed E-state index contributed by atoms with van der Waals surface area (Å²) in [4.78, 5) is 11.0. The number of anilines is 2. The molecule has 112 valence electrons. The van der Waals surface area contributed by atoms with Gasteiger partial charge in [-0.1, -0.05) is 19.8 Å². The van der Waals surface area contributed by atoms with Gasteiger partial charge in [0.1, 0.15) is 17.5 Å². The molecule has 2 rings (SSSR count). The molecule has 0 amide bonds. The summed E-state index contributed by atoms with van der Waals surface area (Å²) in [6, 6.07) is 0. The third-order valence-electron chi connectivity index (χ3n) is 4.11. The van der Waals surface area contributed by atoms with E-state index in [0.29, 0.717) is 12.4 Å². The molecule has 5 nitrogen and oxygen atoms in total. The molecule has 3 N–H and O–H groups in total. The number of likely N-dealkylation sites (N-methyl/N-ethyl adjacent to an activating group) is 1. The Kier molecular flexibility index (Phi) is 4.48. The zero-order valence-corrected chi connectivity index (χ0v) is 12.8. The van der Waals surface area contributed by atoms with Gasteiger partial charge in [0.2, 0.25) is 0 Å². The van der Waals surface area contributed by atoms with E-state index in [9.17, 15) is 5.11 Å². The number of aryl methyl sites for hydroxylation is 1. The Morgan fingerprint density at radius 3 is 2.55 bits per heavy atom. The summed E-state index contributed by atoms with van der Waals surface area (Å²) in [6.45, 7) is 4.65. The van der Waals surface area contributed by atoms with Crippen LogP contribution in [0, 0.1) is 6.92 Å². The van der Waals surface area contributed by atoms with Crippen LogP contribution in [0.2, 0.25) is 0 Å². The Morgan fingerprint density at radius 1 is 1.30 bits per heavy atom. The number of hydrogen-bond acceptors (Lipinski definition) is 5. The van der Waals surface area contributed by atoms with Crippen LogP contribution in [0.15, 0.2) is 0 Å². The van der Waals surface area contributed by atoms with Gasteiger partial charge in [-0.05, 0) is 26.2 Å². The molecular weight excluding hydrogens is 252 g/mol. The minimum Gasteiger partial charge on any atom is -0.388 e. The third-order valence-corrected chi connectivity index (χ3v) is 4.11. The predicted molar refractivity (Wildman–Crippen MR) is 81.9 cm³/mol. The number of hydrogen-bond donors (Lipinski definition) is 2. The van der Waals surface area contributed by atoms with Gasteiger partial charge in [0, 0.05) is 25.6 Å².